The summed E-state index contributed by atoms with van der Waals surface area (Å²) in [7, 11) is 0. The molecule has 14 N–H and O–H groups in total. The number of primary amides is 1. The second-order valence-corrected chi connectivity index (χ2v) is 8.65. The van der Waals surface area contributed by atoms with Gasteiger partial charge < -0.3 is 49.7 Å². The molecule has 4 atom stereocenters. The molecule has 4 amide bonds. The largest absolute Gasteiger partial charge is 0.480 e. The predicted octanol–water partition coefficient (Wildman–Crippen LogP) is -2.88. The lowest BCUT2D eigenvalue weighted by Gasteiger charge is -2.25. The fourth-order valence-corrected chi connectivity index (χ4v) is 3.39. The van der Waals surface area contributed by atoms with Crippen LogP contribution in [0.5, 0.6) is 0 Å². The lowest BCUT2D eigenvalue weighted by Crippen LogP contribution is -2.57. The second-order valence-electron chi connectivity index (χ2n) is 8.65. The van der Waals surface area contributed by atoms with Crippen molar-refractivity contribution in [2.75, 3.05) is 19.6 Å². The normalized spacial score (nSPS) is 14.2. The summed E-state index contributed by atoms with van der Waals surface area (Å²) in [6.45, 7) is 1.20. The minimum absolute atomic E-state index is 0.166. The van der Waals surface area contributed by atoms with E-state index in [0.717, 1.165) is 0 Å². The van der Waals surface area contributed by atoms with Gasteiger partial charge in [-0.1, -0.05) is 6.42 Å². The number of unbranched alkanes of at least 4 members (excludes halogenated alkanes) is 3. The van der Waals surface area contributed by atoms with Gasteiger partial charge in [0, 0.05) is 0 Å². The number of hydrogen-bond acceptors (Lipinski definition) is 9. The third kappa shape index (κ3) is 14.6. The number of hydrogen-bond donors (Lipinski definition) is 9. The smallest absolute Gasteiger partial charge is 0.326 e. The Morgan fingerprint density at radius 1 is 0.611 bits per heavy atom. The van der Waals surface area contributed by atoms with Crippen LogP contribution < -0.4 is 44.6 Å². The summed E-state index contributed by atoms with van der Waals surface area (Å²) >= 11 is 0. The van der Waals surface area contributed by atoms with E-state index in [2.05, 4.69) is 16.0 Å². The zero-order valence-electron chi connectivity index (χ0n) is 20.9. The van der Waals surface area contributed by atoms with Gasteiger partial charge in [0.25, 0.3) is 0 Å². The summed E-state index contributed by atoms with van der Waals surface area (Å²) in [6.07, 6.45) is 3.57. The van der Waals surface area contributed by atoms with Crippen molar-refractivity contribution in [2.24, 2.45) is 28.7 Å². The molecule has 0 saturated carbocycles. The number of nitrogens with two attached hydrogens (primary N) is 5. The van der Waals surface area contributed by atoms with Gasteiger partial charge in [-0.3, -0.25) is 19.2 Å². The molecule has 14 nitrogen and oxygen atoms in total. The Kier molecular flexibility index (Phi) is 17.9. The van der Waals surface area contributed by atoms with Crippen LogP contribution in [0.3, 0.4) is 0 Å². The monoisotopic (exact) mass is 516 g/mol. The molecule has 14 heteroatoms. The number of carboxylic acids is 1. The van der Waals surface area contributed by atoms with Gasteiger partial charge in [0.15, 0.2) is 0 Å². The van der Waals surface area contributed by atoms with E-state index in [1.807, 2.05) is 0 Å². The first-order valence-electron chi connectivity index (χ1n) is 12.3. The van der Waals surface area contributed by atoms with Crippen LogP contribution in [0.4, 0.5) is 0 Å². The molecule has 208 valence electrons. The molecule has 0 radical (unpaired) electrons. The van der Waals surface area contributed by atoms with E-state index >= 15 is 0 Å². The molecule has 0 aromatic rings. The van der Waals surface area contributed by atoms with Crippen LogP contribution >= 0.6 is 0 Å². The second kappa shape index (κ2) is 19.4. The average molecular weight is 517 g/mol. The molecule has 36 heavy (non-hydrogen) atoms. The highest BCUT2D eigenvalue weighted by molar-refractivity contribution is 5.96. The minimum Gasteiger partial charge on any atom is -0.480 e. The number of aliphatic carboxylic acids is 1. The average Bonchev–Trinajstić information content (AvgIpc) is 2.81. The van der Waals surface area contributed by atoms with Crippen LogP contribution in [0.1, 0.15) is 64.2 Å². The number of amides is 4. The predicted molar refractivity (Wildman–Crippen MR) is 134 cm³/mol. The van der Waals surface area contributed by atoms with Crippen molar-refractivity contribution in [2.45, 2.75) is 88.4 Å². The molecule has 0 aliphatic heterocycles. The lowest BCUT2D eigenvalue weighted by molar-refractivity contribution is -0.142. The fourth-order valence-electron chi connectivity index (χ4n) is 3.39. The van der Waals surface area contributed by atoms with Crippen LogP contribution in [0, 0.1) is 0 Å². The fraction of sp³-hybridized carbons (Fsp3) is 0.773. The van der Waals surface area contributed by atoms with Crippen molar-refractivity contribution in [1.29, 1.82) is 0 Å². The van der Waals surface area contributed by atoms with Gasteiger partial charge in [-0.05, 0) is 71.0 Å². The molecule has 4 unspecified atom stereocenters. The Labute approximate surface area is 211 Å². The van der Waals surface area contributed by atoms with Gasteiger partial charge in [-0.25, -0.2) is 4.79 Å². The van der Waals surface area contributed by atoms with Crippen molar-refractivity contribution < 1.29 is 29.1 Å². The molecule has 0 aromatic heterocycles. The lowest BCUT2D eigenvalue weighted by atomic mass is 10.0. The molecule has 0 heterocycles. The van der Waals surface area contributed by atoms with Crippen LogP contribution in [-0.4, -0.2) is 78.5 Å². The molecule has 0 aliphatic rings. The van der Waals surface area contributed by atoms with Crippen LogP contribution in [0.25, 0.3) is 0 Å². The number of nitrogens with one attached hydrogen (secondary N) is 3. The summed E-state index contributed by atoms with van der Waals surface area (Å²) in [5.74, 6) is -4.23. The van der Waals surface area contributed by atoms with Crippen molar-refractivity contribution in [3.63, 3.8) is 0 Å². The highest BCUT2D eigenvalue weighted by atomic mass is 16.4. The molecule has 0 aliphatic carbocycles. The molecule has 0 saturated heterocycles. The number of carbonyl (C=O) groups is 5. The van der Waals surface area contributed by atoms with E-state index in [4.69, 9.17) is 28.7 Å². The first-order valence-corrected chi connectivity index (χ1v) is 12.3. The topological polar surface area (TPSA) is 272 Å². The van der Waals surface area contributed by atoms with Crippen LogP contribution in [0.15, 0.2) is 0 Å². The summed E-state index contributed by atoms with van der Waals surface area (Å²) in [4.78, 5) is 61.4. The first-order chi connectivity index (χ1) is 17.1. The van der Waals surface area contributed by atoms with Crippen molar-refractivity contribution in [3.05, 3.63) is 0 Å². The maximum Gasteiger partial charge on any atom is 0.326 e. The van der Waals surface area contributed by atoms with E-state index in [0.29, 0.717) is 64.6 Å². The van der Waals surface area contributed by atoms with Crippen molar-refractivity contribution in [1.82, 2.24) is 16.0 Å². The van der Waals surface area contributed by atoms with E-state index in [1.165, 1.54) is 0 Å². The third-order valence-electron chi connectivity index (χ3n) is 5.49. The number of rotatable bonds is 21. The Hall–Kier alpha value is -2.81. The standard InChI is InChI=1S/C22H44N8O6/c23-10-4-1-7-14(26)19(32)30-17(13-18(27)31)21(34)28-15(8-2-5-11-24)20(33)29-16(22(35)36)9-3-6-12-25/h14-17H,1-13,23-26H2,(H2,27,31)(H,28,34)(H,29,33)(H,30,32)(H,35,36). The maximum atomic E-state index is 12.9. The SMILES string of the molecule is NCCCCC(N)C(=O)NC(CC(N)=O)C(=O)NC(CCCCN)C(=O)NC(CCCCN)C(=O)O. The van der Waals surface area contributed by atoms with Crippen LogP contribution in [0.2, 0.25) is 0 Å². The highest BCUT2D eigenvalue weighted by Crippen LogP contribution is 2.07. The maximum absolute atomic E-state index is 12.9. The van der Waals surface area contributed by atoms with Crippen molar-refractivity contribution in [3.8, 4) is 0 Å². The zero-order valence-corrected chi connectivity index (χ0v) is 20.9. The van der Waals surface area contributed by atoms with E-state index < -0.39 is 60.2 Å². The Morgan fingerprint density at radius 3 is 1.50 bits per heavy atom. The minimum atomic E-state index is -1.36. The molecule has 0 fully saturated rings. The Bertz CT molecular complexity index is 708. The third-order valence-corrected chi connectivity index (χ3v) is 5.49. The van der Waals surface area contributed by atoms with Crippen LogP contribution in [-0.2, 0) is 24.0 Å². The van der Waals surface area contributed by atoms with E-state index in [9.17, 15) is 29.1 Å². The van der Waals surface area contributed by atoms with Gasteiger partial charge in [0.2, 0.25) is 23.6 Å². The van der Waals surface area contributed by atoms with E-state index in [1.54, 1.807) is 0 Å². The van der Waals surface area contributed by atoms with E-state index in [-0.39, 0.29) is 12.8 Å². The summed E-state index contributed by atoms with van der Waals surface area (Å²) in [5.41, 5.74) is 27.5. The first kappa shape index (κ1) is 33.2. The molecule has 0 aromatic carbocycles. The molecule has 0 spiro atoms. The molecule has 0 rings (SSSR count). The Morgan fingerprint density at radius 2 is 1.03 bits per heavy atom. The van der Waals surface area contributed by atoms with Gasteiger partial charge in [0.05, 0.1) is 12.5 Å². The van der Waals surface area contributed by atoms with Gasteiger partial charge in [0.1, 0.15) is 18.1 Å². The van der Waals surface area contributed by atoms with Gasteiger partial charge in [-0.15, -0.1) is 0 Å². The summed E-state index contributed by atoms with van der Waals surface area (Å²) in [6, 6.07) is -4.56. The molecular formula is C22H44N8O6. The number of carboxylic acid groups (broad SMARTS) is 1. The van der Waals surface area contributed by atoms with Gasteiger partial charge in [-0.2, -0.15) is 0 Å². The molecule has 0 bridgehead atoms. The summed E-state index contributed by atoms with van der Waals surface area (Å²) in [5, 5.41) is 16.8. The zero-order chi connectivity index (χ0) is 27.5. The number of carbonyl (C=O) groups excluding carboxylic acids is 4. The quantitative estimate of drug-likeness (QED) is 0.0702. The Balaban J connectivity index is 5.43. The highest BCUT2D eigenvalue weighted by Gasteiger charge is 2.30. The molecular weight excluding hydrogens is 472 g/mol. The van der Waals surface area contributed by atoms with Crippen molar-refractivity contribution >= 4 is 29.6 Å². The summed E-state index contributed by atoms with van der Waals surface area (Å²) < 4.78 is 0. The van der Waals surface area contributed by atoms with Gasteiger partial charge >= 0.3 is 5.97 Å².